The summed E-state index contributed by atoms with van der Waals surface area (Å²) in [6.45, 7) is 24.6. The summed E-state index contributed by atoms with van der Waals surface area (Å²) in [5.41, 5.74) is 0.512. The Labute approximate surface area is 291 Å². The largest absolute Gasteiger partial charge is 0.457 e. The normalized spacial score (nSPS) is 25.6. The number of ether oxygens (including phenoxy) is 2. The summed E-state index contributed by atoms with van der Waals surface area (Å²) >= 11 is 7.37. The molecule has 3 rings (SSSR count). The molecule has 0 unspecified atom stereocenters. The molecule has 0 amide bonds. The van der Waals surface area contributed by atoms with Crippen molar-refractivity contribution in [2.24, 2.45) is 17.3 Å². The quantitative estimate of drug-likeness (QED) is 0.128. The Morgan fingerprint density at radius 2 is 1.91 bits per heavy atom. The molecule has 0 bridgehead atoms. The van der Waals surface area contributed by atoms with Gasteiger partial charge in [-0.3, -0.25) is 9.59 Å². The Balaban J connectivity index is 2.09. The molecule has 0 aliphatic carbocycles. The van der Waals surface area contributed by atoms with Crippen LogP contribution in [0.15, 0.2) is 42.5 Å². The number of allylic oxidation sites excluding steroid dienone is 2. The van der Waals surface area contributed by atoms with Gasteiger partial charge in [0.15, 0.2) is 8.32 Å². The molecular formula is C37H54ClNO6SSi. The highest BCUT2D eigenvalue weighted by atomic mass is 35.5. The zero-order valence-corrected chi connectivity index (χ0v) is 32.5. The highest BCUT2D eigenvalue weighted by Crippen LogP contribution is 2.43. The molecule has 260 valence electrons. The Bertz CT molecular complexity index is 1470. The average molecular weight is 704 g/mol. The van der Waals surface area contributed by atoms with Gasteiger partial charge >= 0.3 is 11.4 Å². The number of cyclic esters (lactones) is 1. The van der Waals surface area contributed by atoms with Crippen molar-refractivity contribution in [3.05, 3.63) is 53.1 Å². The molecule has 0 spiro atoms. The number of thiazole rings is 1. The number of esters is 1. The van der Waals surface area contributed by atoms with Gasteiger partial charge in [0, 0.05) is 23.9 Å². The van der Waals surface area contributed by atoms with E-state index in [0.717, 1.165) is 40.1 Å². The second-order valence-electron chi connectivity index (χ2n) is 15.2. The number of benzene rings is 1. The van der Waals surface area contributed by atoms with Crippen LogP contribution in [0.5, 0.6) is 0 Å². The number of aromatic nitrogens is 1. The van der Waals surface area contributed by atoms with Crippen LogP contribution >= 0.6 is 22.9 Å². The third-order valence-corrected chi connectivity index (χ3v) is 15.6. The van der Waals surface area contributed by atoms with E-state index in [1.807, 2.05) is 25.1 Å². The van der Waals surface area contributed by atoms with E-state index in [0.29, 0.717) is 12.8 Å². The Morgan fingerprint density at radius 3 is 2.53 bits per heavy atom. The summed E-state index contributed by atoms with van der Waals surface area (Å²) in [6, 6.07) is 5.93. The van der Waals surface area contributed by atoms with E-state index >= 15 is 0 Å². The number of Topliss-reactive ketones (excluding diaryl/α,β-unsaturated/α-hetero) is 1. The van der Waals surface area contributed by atoms with Crippen LogP contribution in [0, 0.1) is 24.2 Å². The maximum Gasteiger partial charge on any atom is 0.404 e. The van der Waals surface area contributed by atoms with Crippen molar-refractivity contribution < 1.29 is 28.3 Å². The molecule has 2 heterocycles. The molecule has 0 N–H and O–H groups in total. The van der Waals surface area contributed by atoms with Crippen LogP contribution < -0.4 is 0 Å². The van der Waals surface area contributed by atoms with Crippen LogP contribution in [0.1, 0.15) is 104 Å². The lowest BCUT2D eigenvalue weighted by atomic mass is 9.71. The number of ketones is 1. The third kappa shape index (κ3) is 10.1. The Hall–Kier alpha value is -2.33. The number of nitrogens with zero attached hydrogens (tertiary/aromatic N) is 1. The van der Waals surface area contributed by atoms with Gasteiger partial charge in [0.25, 0.3) is 0 Å². The Kier molecular flexibility index (Phi) is 13.2. The molecule has 1 aliphatic heterocycles. The van der Waals surface area contributed by atoms with Gasteiger partial charge in [0.1, 0.15) is 18.0 Å². The number of aryl methyl sites for hydroxylation is 1. The van der Waals surface area contributed by atoms with E-state index in [1.165, 1.54) is 5.57 Å². The van der Waals surface area contributed by atoms with E-state index in [4.69, 9.17) is 25.5 Å². The number of carbonyl (C=O) groups is 3. The van der Waals surface area contributed by atoms with Crippen molar-refractivity contribution in [1.82, 2.24) is 4.98 Å². The lowest BCUT2D eigenvalue weighted by Gasteiger charge is -2.45. The predicted octanol–water partition coefficient (Wildman–Crippen LogP) is 10.7. The minimum absolute atomic E-state index is 0.0644. The molecule has 7 nitrogen and oxygen atoms in total. The van der Waals surface area contributed by atoms with Gasteiger partial charge in [-0.25, -0.2) is 9.78 Å². The first-order valence-corrected chi connectivity index (χ1v) is 20.8. The van der Waals surface area contributed by atoms with Crippen LogP contribution in [0.2, 0.25) is 18.1 Å². The predicted molar refractivity (Wildman–Crippen MR) is 194 cm³/mol. The van der Waals surface area contributed by atoms with Crippen molar-refractivity contribution >= 4 is 58.7 Å². The summed E-state index contributed by atoms with van der Waals surface area (Å²) in [7, 11) is -2.31. The van der Waals surface area contributed by atoms with Crippen molar-refractivity contribution in [2.45, 2.75) is 130 Å². The van der Waals surface area contributed by atoms with Crippen molar-refractivity contribution in [1.29, 1.82) is 0 Å². The first-order chi connectivity index (χ1) is 21.8. The molecule has 1 aromatic heterocycles. The van der Waals surface area contributed by atoms with Crippen LogP contribution in [-0.2, 0) is 23.5 Å². The van der Waals surface area contributed by atoms with Crippen molar-refractivity contribution in [2.75, 3.05) is 0 Å². The topological polar surface area (TPSA) is 91.8 Å². The zero-order chi connectivity index (χ0) is 35.3. The fourth-order valence-corrected chi connectivity index (χ4v) is 8.37. The van der Waals surface area contributed by atoms with Crippen LogP contribution in [0.3, 0.4) is 0 Å². The van der Waals surface area contributed by atoms with Crippen molar-refractivity contribution in [3.63, 3.8) is 0 Å². The van der Waals surface area contributed by atoms with Gasteiger partial charge in [-0.2, -0.15) is 0 Å². The zero-order valence-electron chi connectivity index (χ0n) is 29.9. The van der Waals surface area contributed by atoms with E-state index < -0.39 is 43.3 Å². The van der Waals surface area contributed by atoms with Gasteiger partial charge < -0.3 is 13.9 Å². The lowest BCUT2D eigenvalue weighted by Crippen LogP contribution is -2.52. The maximum atomic E-state index is 14.7. The average Bonchev–Trinajstić information content (AvgIpc) is 3.34. The van der Waals surface area contributed by atoms with Gasteiger partial charge in [-0.05, 0) is 95.1 Å². The van der Waals surface area contributed by atoms with Gasteiger partial charge in [0.05, 0.1) is 33.2 Å². The van der Waals surface area contributed by atoms with Gasteiger partial charge in [0.2, 0.25) is 0 Å². The number of halogens is 1. The fourth-order valence-electron chi connectivity index (χ4n) is 6.02. The number of hydrogen-bond acceptors (Lipinski definition) is 8. The highest BCUT2D eigenvalue weighted by molar-refractivity contribution is 7.18. The van der Waals surface area contributed by atoms with Gasteiger partial charge in [-0.1, -0.05) is 51.5 Å². The summed E-state index contributed by atoms with van der Waals surface area (Å²) in [5.74, 6) is -1.25. The maximum absolute atomic E-state index is 14.7. The van der Waals surface area contributed by atoms with E-state index in [2.05, 4.69) is 65.4 Å². The first-order valence-electron chi connectivity index (χ1n) is 16.7. The first kappa shape index (κ1) is 39.1. The number of hydrogen-bond donors (Lipinski definition) is 0. The van der Waals surface area contributed by atoms with E-state index in [-0.39, 0.29) is 29.3 Å². The molecule has 2 aromatic rings. The number of fused-ring (bicyclic) bond motifs is 1. The third-order valence-electron chi connectivity index (χ3n) is 10.1. The SMILES string of the molecule is C=CC[C@H]1C(=O)C(C)(C)[C@@H](OC(=O)Cl)CC(=O)O[C@H](c2ccc3sc(C)nc3c2)CC=C(C)CCC[C@H](C)[C@@H]1O[Si](C)(C)C(C)(C)C. The van der Waals surface area contributed by atoms with Gasteiger partial charge in [-0.15, -0.1) is 17.9 Å². The van der Waals surface area contributed by atoms with E-state index in [9.17, 15) is 14.4 Å². The lowest BCUT2D eigenvalue weighted by molar-refractivity contribution is -0.155. The fraction of sp³-hybridized carbons (Fsp3) is 0.622. The second-order valence-corrected chi connectivity index (χ2v) is 21.5. The summed E-state index contributed by atoms with van der Waals surface area (Å²) < 4.78 is 19.8. The van der Waals surface area contributed by atoms with Crippen LogP contribution in [0.25, 0.3) is 10.2 Å². The standard InChI is InChI=1S/C37H54ClNO6SSi/c1-12-14-27-33(45-47(10,11)36(5,6)7)24(3)16-13-15-23(2)17-19-29(26-18-20-30-28(21-26)39-25(4)46-30)43-32(40)22-31(44-35(38)42)37(8,9)34(27)41/h12,17-18,20-21,24,27,29,31,33H,1,13-16,19,22H2,2-11H3/t24-,27+,29-,31-,33-/m0/s1. The molecule has 0 radical (unpaired) electrons. The molecule has 10 heteroatoms. The molecule has 47 heavy (non-hydrogen) atoms. The highest BCUT2D eigenvalue weighted by Gasteiger charge is 2.49. The molecule has 1 aliphatic rings. The minimum Gasteiger partial charge on any atom is -0.457 e. The summed E-state index contributed by atoms with van der Waals surface area (Å²) in [5, 5.41) is 0.889. The molecule has 1 aromatic carbocycles. The molecular weight excluding hydrogens is 650 g/mol. The molecule has 0 saturated heterocycles. The second kappa shape index (κ2) is 15.9. The molecule has 0 saturated carbocycles. The van der Waals surface area contributed by atoms with Crippen molar-refractivity contribution in [3.8, 4) is 0 Å². The summed E-state index contributed by atoms with van der Waals surface area (Å²) in [6.07, 6.45) is 4.95. The van der Waals surface area contributed by atoms with Crippen LogP contribution in [-0.4, -0.2) is 42.7 Å². The molecule has 5 atom stereocenters. The monoisotopic (exact) mass is 703 g/mol. The minimum atomic E-state index is -2.31. The Morgan fingerprint density at radius 1 is 1.23 bits per heavy atom. The smallest absolute Gasteiger partial charge is 0.404 e. The van der Waals surface area contributed by atoms with Crippen LogP contribution in [0.4, 0.5) is 4.79 Å². The number of rotatable bonds is 6. The number of carbonyl (C=O) groups excluding carboxylic acids is 3. The van der Waals surface area contributed by atoms with E-state index in [1.54, 1.807) is 31.3 Å². The summed E-state index contributed by atoms with van der Waals surface area (Å²) in [4.78, 5) is 45.2. The molecule has 0 fully saturated rings.